The van der Waals surface area contributed by atoms with Gasteiger partial charge in [-0.25, -0.2) is 0 Å². The van der Waals surface area contributed by atoms with Gasteiger partial charge in [0.25, 0.3) is 11.1 Å². The predicted molar refractivity (Wildman–Crippen MR) is 138 cm³/mol. The Kier molecular flexibility index (Phi) is 8.34. The molecule has 0 saturated carbocycles. The highest BCUT2D eigenvalue weighted by atomic mass is 79.9. The zero-order valence-electron chi connectivity index (χ0n) is 18.5. The van der Waals surface area contributed by atoms with Crippen LogP contribution in [-0.4, -0.2) is 46.5 Å². The summed E-state index contributed by atoms with van der Waals surface area (Å²) in [7, 11) is 0. The molecule has 0 N–H and O–H groups in total. The monoisotopic (exact) mass is 562 g/mol. The Bertz CT molecular complexity index is 1130. The van der Waals surface area contributed by atoms with Gasteiger partial charge >= 0.3 is 0 Å². The first-order valence-electron chi connectivity index (χ1n) is 11.1. The second-order valence-electron chi connectivity index (χ2n) is 8.13. The number of ether oxygens (including phenoxy) is 1. The van der Waals surface area contributed by atoms with E-state index >= 15 is 0 Å². The fourth-order valence-corrected chi connectivity index (χ4v) is 5.27. The number of carbonyl (C=O) groups is 3. The van der Waals surface area contributed by atoms with E-state index in [9.17, 15) is 14.4 Å². The van der Waals surface area contributed by atoms with Gasteiger partial charge in [0.05, 0.1) is 4.91 Å². The molecule has 2 fully saturated rings. The SMILES string of the molecule is O=C(CN1C(=O)SC(=Cc2cc(Br)ccc2OCc2ccccc2Cl)C1=O)N1CCCCCC1. The van der Waals surface area contributed by atoms with Gasteiger partial charge in [0.1, 0.15) is 18.9 Å². The van der Waals surface area contributed by atoms with Crippen LogP contribution in [-0.2, 0) is 16.2 Å². The van der Waals surface area contributed by atoms with Crippen LogP contribution in [0.5, 0.6) is 5.75 Å². The van der Waals surface area contributed by atoms with Crippen molar-refractivity contribution in [1.29, 1.82) is 0 Å². The van der Waals surface area contributed by atoms with E-state index < -0.39 is 11.1 Å². The summed E-state index contributed by atoms with van der Waals surface area (Å²) >= 11 is 10.5. The Morgan fingerprint density at radius 1 is 1.09 bits per heavy atom. The summed E-state index contributed by atoms with van der Waals surface area (Å²) in [6.45, 7) is 1.38. The Morgan fingerprint density at radius 3 is 2.56 bits per heavy atom. The van der Waals surface area contributed by atoms with Crippen LogP contribution < -0.4 is 4.74 Å². The fraction of sp³-hybridized carbons (Fsp3) is 0.320. The first-order chi connectivity index (χ1) is 16.4. The van der Waals surface area contributed by atoms with Gasteiger partial charge in [-0.3, -0.25) is 19.3 Å². The van der Waals surface area contributed by atoms with Gasteiger partial charge in [-0.2, -0.15) is 0 Å². The maximum absolute atomic E-state index is 13.0. The number of likely N-dealkylation sites (tertiary alicyclic amines) is 1. The van der Waals surface area contributed by atoms with E-state index in [1.165, 1.54) is 0 Å². The molecule has 0 bridgehead atoms. The van der Waals surface area contributed by atoms with Crippen LogP contribution in [0.3, 0.4) is 0 Å². The lowest BCUT2D eigenvalue weighted by atomic mass is 10.1. The van der Waals surface area contributed by atoms with E-state index in [1.807, 2.05) is 30.3 Å². The summed E-state index contributed by atoms with van der Waals surface area (Å²) in [6, 6.07) is 12.9. The van der Waals surface area contributed by atoms with Crippen molar-refractivity contribution in [3.05, 3.63) is 68.0 Å². The largest absolute Gasteiger partial charge is 0.488 e. The Balaban J connectivity index is 1.49. The normalized spacial score (nSPS) is 17.9. The third kappa shape index (κ3) is 6.03. The quantitative estimate of drug-likeness (QED) is 0.396. The van der Waals surface area contributed by atoms with Crippen LogP contribution in [0.15, 0.2) is 51.8 Å². The van der Waals surface area contributed by atoms with Gasteiger partial charge in [-0.05, 0) is 54.9 Å². The van der Waals surface area contributed by atoms with Crippen LogP contribution >= 0.6 is 39.3 Å². The minimum Gasteiger partial charge on any atom is -0.488 e. The molecule has 0 radical (unpaired) electrons. The number of hydrogen-bond donors (Lipinski definition) is 0. The van der Waals surface area contributed by atoms with Crippen molar-refractivity contribution >= 4 is 62.4 Å². The number of thioether (sulfide) groups is 1. The highest BCUT2D eigenvalue weighted by Gasteiger charge is 2.37. The number of carbonyl (C=O) groups excluding carboxylic acids is 3. The van der Waals surface area contributed by atoms with Gasteiger partial charge in [-0.1, -0.05) is 58.6 Å². The van der Waals surface area contributed by atoms with E-state index in [0.29, 0.717) is 29.4 Å². The van der Waals surface area contributed by atoms with Crippen molar-refractivity contribution in [2.45, 2.75) is 32.3 Å². The van der Waals surface area contributed by atoms with Crippen molar-refractivity contribution in [2.24, 2.45) is 0 Å². The topological polar surface area (TPSA) is 66.9 Å². The molecule has 2 aromatic rings. The molecule has 34 heavy (non-hydrogen) atoms. The molecule has 3 amide bonds. The summed E-state index contributed by atoms with van der Waals surface area (Å²) in [6.07, 6.45) is 5.73. The zero-order chi connectivity index (χ0) is 24.1. The number of imide groups is 1. The lowest BCUT2D eigenvalue weighted by Gasteiger charge is -2.22. The average Bonchev–Trinajstić information content (AvgIpc) is 3.01. The summed E-state index contributed by atoms with van der Waals surface area (Å²) in [4.78, 5) is 41.3. The number of benzene rings is 2. The molecule has 9 heteroatoms. The summed E-state index contributed by atoms with van der Waals surface area (Å²) in [5.41, 5.74) is 1.48. The van der Waals surface area contributed by atoms with Crippen LogP contribution in [0, 0.1) is 0 Å². The number of nitrogens with zero attached hydrogens (tertiary/aromatic N) is 2. The molecule has 0 unspecified atom stereocenters. The predicted octanol–water partition coefficient (Wildman–Crippen LogP) is 6.12. The van der Waals surface area contributed by atoms with E-state index in [2.05, 4.69) is 15.9 Å². The van der Waals surface area contributed by atoms with Gasteiger partial charge < -0.3 is 9.64 Å². The molecular formula is C25H24BrClN2O4S. The summed E-state index contributed by atoms with van der Waals surface area (Å²) in [5, 5.41) is 0.171. The third-order valence-corrected chi connectivity index (χ3v) is 7.49. The molecular weight excluding hydrogens is 540 g/mol. The molecule has 0 spiro atoms. The lowest BCUT2D eigenvalue weighted by Crippen LogP contribution is -2.42. The molecule has 0 aromatic heterocycles. The Labute approximate surface area is 216 Å². The van der Waals surface area contributed by atoms with Gasteiger partial charge in [0, 0.05) is 33.7 Å². The van der Waals surface area contributed by atoms with Gasteiger partial charge in [-0.15, -0.1) is 0 Å². The molecule has 4 rings (SSSR count). The number of rotatable bonds is 6. The highest BCUT2D eigenvalue weighted by Crippen LogP contribution is 2.35. The molecule has 2 heterocycles. The molecule has 178 valence electrons. The van der Waals surface area contributed by atoms with Crippen LogP contribution in [0.1, 0.15) is 36.8 Å². The van der Waals surface area contributed by atoms with Gasteiger partial charge in [0.15, 0.2) is 0 Å². The Morgan fingerprint density at radius 2 is 1.82 bits per heavy atom. The summed E-state index contributed by atoms with van der Waals surface area (Å²) in [5.74, 6) is -0.0950. The number of amides is 3. The fourth-order valence-electron chi connectivity index (χ4n) is 3.87. The van der Waals surface area contributed by atoms with Crippen LogP contribution in [0.4, 0.5) is 4.79 Å². The molecule has 0 aliphatic carbocycles. The Hall–Kier alpha value is -2.29. The van der Waals surface area contributed by atoms with E-state index in [1.54, 1.807) is 23.1 Å². The van der Waals surface area contributed by atoms with E-state index in [4.69, 9.17) is 16.3 Å². The second-order valence-corrected chi connectivity index (χ2v) is 10.4. The first kappa shape index (κ1) is 24.8. The van der Waals surface area contributed by atoms with Crippen LogP contribution in [0.2, 0.25) is 5.02 Å². The average molecular weight is 564 g/mol. The molecule has 6 nitrogen and oxygen atoms in total. The first-order valence-corrected chi connectivity index (χ1v) is 13.1. The van der Waals surface area contributed by atoms with Crippen molar-refractivity contribution in [3.63, 3.8) is 0 Å². The van der Waals surface area contributed by atoms with E-state index in [0.717, 1.165) is 52.4 Å². The van der Waals surface area contributed by atoms with Gasteiger partial charge in [0.2, 0.25) is 5.91 Å². The third-order valence-electron chi connectivity index (χ3n) is 5.73. The summed E-state index contributed by atoms with van der Waals surface area (Å²) < 4.78 is 6.79. The molecule has 2 aromatic carbocycles. The van der Waals surface area contributed by atoms with Crippen molar-refractivity contribution in [3.8, 4) is 5.75 Å². The zero-order valence-corrected chi connectivity index (χ0v) is 21.6. The number of halogens is 2. The lowest BCUT2D eigenvalue weighted by molar-refractivity contribution is -0.135. The smallest absolute Gasteiger partial charge is 0.294 e. The maximum Gasteiger partial charge on any atom is 0.294 e. The van der Waals surface area contributed by atoms with Crippen LogP contribution in [0.25, 0.3) is 6.08 Å². The van der Waals surface area contributed by atoms with E-state index in [-0.39, 0.29) is 24.0 Å². The second kappa shape index (κ2) is 11.4. The minimum absolute atomic E-state index is 0.184. The molecule has 2 aliphatic rings. The number of hydrogen-bond acceptors (Lipinski definition) is 5. The molecule has 2 aliphatic heterocycles. The standard InChI is InChI=1S/C25H24BrClN2O4S/c26-19-9-10-21(33-16-17-7-3-4-8-20(17)27)18(13-19)14-22-24(31)29(25(32)34-22)15-23(30)28-11-5-1-2-6-12-28/h3-4,7-10,13-14H,1-2,5-6,11-12,15-16H2. The van der Waals surface area contributed by atoms with Crippen molar-refractivity contribution in [1.82, 2.24) is 9.80 Å². The van der Waals surface area contributed by atoms with Crippen molar-refractivity contribution < 1.29 is 19.1 Å². The highest BCUT2D eigenvalue weighted by molar-refractivity contribution is 9.10. The molecule has 2 saturated heterocycles. The minimum atomic E-state index is -0.463. The van der Waals surface area contributed by atoms with Crippen molar-refractivity contribution in [2.75, 3.05) is 19.6 Å². The molecule has 0 atom stereocenters. The maximum atomic E-state index is 13.0.